The fourth-order valence-electron chi connectivity index (χ4n) is 2.66. The summed E-state index contributed by atoms with van der Waals surface area (Å²) in [5, 5.41) is 0. The SMILES string of the molecule is CC1CN(S(=O)(=O)N2CC(C)OC(C)C2)C(C)CO1. The van der Waals surface area contributed by atoms with Crippen LogP contribution in [0.15, 0.2) is 0 Å². The highest BCUT2D eigenvalue weighted by atomic mass is 32.2. The van der Waals surface area contributed by atoms with Gasteiger partial charge >= 0.3 is 0 Å². The van der Waals surface area contributed by atoms with Gasteiger partial charge in [-0.1, -0.05) is 0 Å². The average molecular weight is 292 g/mol. The molecule has 2 aliphatic heterocycles. The summed E-state index contributed by atoms with van der Waals surface area (Å²) in [5.41, 5.74) is 0. The Morgan fingerprint density at radius 3 is 2.11 bits per heavy atom. The zero-order valence-electron chi connectivity index (χ0n) is 12.1. The van der Waals surface area contributed by atoms with E-state index in [0.29, 0.717) is 26.2 Å². The van der Waals surface area contributed by atoms with E-state index in [9.17, 15) is 8.42 Å². The van der Waals surface area contributed by atoms with Crippen LogP contribution in [0.1, 0.15) is 27.7 Å². The van der Waals surface area contributed by atoms with Crippen molar-refractivity contribution in [2.45, 2.75) is 52.0 Å². The van der Waals surface area contributed by atoms with E-state index >= 15 is 0 Å². The average Bonchev–Trinajstić information content (AvgIpc) is 2.31. The lowest BCUT2D eigenvalue weighted by atomic mass is 10.2. The Kier molecular flexibility index (Phi) is 4.52. The van der Waals surface area contributed by atoms with Crippen LogP contribution in [-0.2, 0) is 19.7 Å². The molecular weight excluding hydrogens is 268 g/mol. The Labute approximate surface area is 115 Å². The van der Waals surface area contributed by atoms with Crippen LogP contribution in [0.3, 0.4) is 0 Å². The van der Waals surface area contributed by atoms with Crippen molar-refractivity contribution in [2.24, 2.45) is 0 Å². The zero-order valence-corrected chi connectivity index (χ0v) is 12.9. The lowest BCUT2D eigenvalue weighted by Gasteiger charge is -2.41. The molecule has 7 heteroatoms. The molecule has 0 aromatic carbocycles. The maximum Gasteiger partial charge on any atom is 0.282 e. The Morgan fingerprint density at radius 2 is 1.53 bits per heavy atom. The van der Waals surface area contributed by atoms with Crippen molar-refractivity contribution >= 4 is 10.2 Å². The van der Waals surface area contributed by atoms with Crippen LogP contribution in [0.5, 0.6) is 0 Å². The number of nitrogens with zero attached hydrogens (tertiary/aromatic N) is 2. The van der Waals surface area contributed by atoms with Gasteiger partial charge < -0.3 is 9.47 Å². The summed E-state index contributed by atoms with van der Waals surface area (Å²) < 4.78 is 39.7. The van der Waals surface area contributed by atoms with Crippen LogP contribution >= 0.6 is 0 Å². The Bertz CT molecular complexity index is 404. The predicted molar refractivity (Wildman–Crippen MR) is 72.1 cm³/mol. The quantitative estimate of drug-likeness (QED) is 0.741. The molecule has 2 rings (SSSR count). The number of rotatable bonds is 2. The van der Waals surface area contributed by atoms with Gasteiger partial charge in [-0.25, -0.2) is 0 Å². The molecule has 0 aromatic heterocycles. The first-order valence-corrected chi connectivity index (χ1v) is 8.24. The van der Waals surface area contributed by atoms with E-state index in [1.165, 1.54) is 0 Å². The number of ether oxygens (including phenoxy) is 2. The largest absolute Gasteiger partial charge is 0.375 e. The molecular formula is C12H24N2O4S. The molecule has 4 unspecified atom stereocenters. The predicted octanol–water partition coefficient (Wildman–Crippen LogP) is 0.450. The van der Waals surface area contributed by atoms with E-state index in [2.05, 4.69) is 0 Å². The van der Waals surface area contributed by atoms with Crippen molar-refractivity contribution in [2.75, 3.05) is 26.2 Å². The summed E-state index contributed by atoms with van der Waals surface area (Å²) in [6, 6.07) is -0.116. The maximum atomic E-state index is 12.7. The summed E-state index contributed by atoms with van der Waals surface area (Å²) in [4.78, 5) is 0. The van der Waals surface area contributed by atoms with E-state index in [0.717, 1.165) is 0 Å². The molecule has 0 saturated carbocycles. The highest BCUT2D eigenvalue weighted by Gasteiger charge is 2.39. The molecule has 112 valence electrons. The van der Waals surface area contributed by atoms with E-state index in [1.54, 1.807) is 8.61 Å². The fourth-order valence-corrected chi connectivity index (χ4v) is 4.67. The molecule has 0 aliphatic carbocycles. The topological polar surface area (TPSA) is 59.1 Å². The third kappa shape index (κ3) is 3.28. The van der Waals surface area contributed by atoms with Crippen molar-refractivity contribution < 1.29 is 17.9 Å². The van der Waals surface area contributed by atoms with Gasteiger partial charge in [0, 0.05) is 25.7 Å². The summed E-state index contributed by atoms with van der Waals surface area (Å²) >= 11 is 0. The maximum absolute atomic E-state index is 12.7. The molecule has 0 spiro atoms. The zero-order chi connectivity index (χ0) is 14.2. The van der Waals surface area contributed by atoms with Crippen LogP contribution in [0.25, 0.3) is 0 Å². The van der Waals surface area contributed by atoms with E-state index < -0.39 is 10.2 Å². The molecule has 2 aliphatic rings. The van der Waals surface area contributed by atoms with Crippen molar-refractivity contribution in [1.82, 2.24) is 8.61 Å². The summed E-state index contributed by atoms with van der Waals surface area (Å²) in [7, 11) is -3.43. The van der Waals surface area contributed by atoms with Gasteiger partial charge in [0.1, 0.15) is 0 Å². The van der Waals surface area contributed by atoms with E-state index in [-0.39, 0.29) is 24.4 Å². The molecule has 4 atom stereocenters. The molecule has 19 heavy (non-hydrogen) atoms. The number of morpholine rings is 2. The van der Waals surface area contributed by atoms with Gasteiger partial charge in [0.05, 0.1) is 24.9 Å². The molecule has 0 amide bonds. The first-order chi connectivity index (χ1) is 8.80. The second kappa shape index (κ2) is 5.65. The van der Waals surface area contributed by atoms with E-state index in [1.807, 2.05) is 27.7 Å². The number of hydrogen-bond donors (Lipinski definition) is 0. The summed E-state index contributed by atoms with van der Waals surface area (Å²) in [5.74, 6) is 0. The fraction of sp³-hybridized carbons (Fsp3) is 1.00. The van der Waals surface area contributed by atoms with Crippen molar-refractivity contribution in [1.29, 1.82) is 0 Å². The molecule has 0 aromatic rings. The highest BCUT2D eigenvalue weighted by molar-refractivity contribution is 7.86. The second-order valence-electron chi connectivity index (χ2n) is 5.64. The Hall–Kier alpha value is -0.210. The minimum Gasteiger partial charge on any atom is -0.375 e. The van der Waals surface area contributed by atoms with Gasteiger partial charge in [-0.2, -0.15) is 17.0 Å². The van der Waals surface area contributed by atoms with Gasteiger partial charge in [0.15, 0.2) is 0 Å². The van der Waals surface area contributed by atoms with Crippen LogP contribution < -0.4 is 0 Å². The number of hydrogen-bond acceptors (Lipinski definition) is 4. The molecule has 0 bridgehead atoms. The van der Waals surface area contributed by atoms with Crippen molar-refractivity contribution in [3.63, 3.8) is 0 Å². The van der Waals surface area contributed by atoms with Gasteiger partial charge in [0.2, 0.25) is 0 Å². The molecule has 2 fully saturated rings. The van der Waals surface area contributed by atoms with Gasteiger partial charge in [-0.15, -0.1) is 0 Å². The Balaban J connectivity index is 2.16. The molecule has 2 heterocycles. The lowest BCUT2D eigenvalue weighted by molar-refractivity contribution is -0.0507. The van der Waals surface area contributed by atoms with E-state index in [4.69, 9.17) is 9.47 Å². The molecule has 0 radical (unpaired) electrons. The third-order valence-corrected chi connectivity index (χ3v) is 5.61. The normalized spacial score (nSPS) is 39.4. The highest BCUT2D eigenvalue weighted by Crippen LogP contribution is 2.22. The lowest BCUT2D eigenvalue weighted by Crippen LogP contribution is -2.58. The van der Waals surface area contributed by atoms with Crippen molar-refractivity contribution in [3.05, 3.63) is 0 Å². The third-order valence-electron chi connectivity index (χ3n) is 3.56. The molecule has 2 saturated heterocycles. The first-order valence-electron chi connectivity index (χ1n) is 6.84. The van der Waals surface area contributed by atoms with Crippen LogP contribution in [0.2, 0.25) is 0 Å². The second-order valence-corrected chi connectivity index (χ2v) is 7.53. The van der Waals surface area contributed by atoms with Gasteiger partial charge in [-0.05, 0) is 27.7 Å². The summed E-state index contributed by atoms with van der Waals surface area (Å²) in [6.45, 7) is 9.32. The first kappa shape index (κ1) is 15.2. The van der Waals surface area contributed by atoms with Crippen LogP contribution in [-0.4, -0.2) is 67.6 Å². The smallest absolute Gasteiger partial charge is 0.282 e. The van der Waals surface area contributed by atoms with Crippen LogP contribution in [0.4, 0.5) is 0 Å². The minimum absolute atomic E-state index is 0.0538. The van der Waals surface area contributed by atoms with Gasteiger partial charge in [0.25, 0.3) is 10.2 Å². The molecule has 0 N–H and O–H groups in total. The monoisotopic (exact) mass is 292 g/mol. The Morgan fingerprint density at radius 1 is 0.947 bits per heavy atom. The minimum atomic E-state index is -3.43. The standard InChI is InChI=1S/C12H24N2O4S/c1-9-8-17-10(2)7-14(9)19(15,16)13-5-11(3)18-12(4)6-13/h9-12H,5-8H2,1-4H3. The summed E-state index contributed by atoms with van der Waals surface area (Å²) in [6.07, 6.45) is -0.179. The van der Waals surface area contributed by atoms with Gasteiger partial charge in [-0.3, -0.25) is 0 Å². The van der Waals surface area contributed by atoms with Crippen LogP contribution in [0, 0.1) is 0 Å². The molecule has 6 nitrogen and oxygen atoms in total. The van der Waals surface area contributed by atoms with Crippen molar-refractivity contribution in [3.8, 4) is 0 Å².